The van der Waals surface area contributed by atoms with E-state index in [1.54, 1.807) is 6.07 Å². The molecule has 0 atom stereocenters. The molecule has 0 fully saturated rings. The maximum Gasteiger partial charge on any atom is 0.277 e. The van der Waals surface area contributed by atoms with Crippen LogP contribution in [0.2, 0.25) is 5.02 Å². The molecular weight excluding hydrogens is 346 g/mol. The molecule has 0 unspecified atom stereocenters. The number of rotatable bonds is 5. The van der Waals surface area contributed by atoms with Gasteiger partial charge < -0.3 is 9.73 Å². The quantitative estimate of drug-likeness (QED) is 0.682. The number of amides is 1. The van der Waals surface area contributed by atoms with Gasteiger partial charge in [0, 0.05) is 16.3 Å². The van der Waals surface area contributed by atoms with Crippen molar-refractivity contribution in [2.24, 2.45) is 0 Å². The van der Waals surface area contributed by atoms with Crippen LogP contribution in [-0.2, 0) is 4.79 Å². The van der Waals surface area contributed by atoms with Gasteiger partial charge in [0.25, 0.3) is 5.22 Å². The van der Waals surface area contributed by atoms with Crippen LogP contribution in [-0.4, -0.2) is 21.9 Å². The molecule has 1 aromatic heterocycles. The molecule has 2 aromatic carbocycles. The summed E-state index contributed by atoms with van der Waals surface area (Å²) in [5.41, 5.74) is 2.46. The van der Waals surface area contributed by atoms with Crippen LogP contribution >= 0.6 is 23.4 Å². The number of aromatic nitrogens is 2. The third-order valence-electron chi connectivity index (χ3n) is 3.21. The molecule has 0 saturated carbocycles. The Morgan fingerprint density at radius 3 is 2.75 bits per heavy atom. The molecular formula is C17H14ClN3O2S. The largest absolute Gasteiger partial charge is 0.411 e. The molecule has 0 radical (unpaired) electrons. The standard InChI is InChI=1S/C17H14ClN3O2S/c1-11-7-8-13(9-14(11)18)19-15(22)10-24-17-21-20-16(23-17)12-5-3-2-4-6-12/h2-9H,10H2,1H3,(H,19,22). The number of benzene rings is 2. The molecule has 0 aliphatic carbocycles. The summed E-state index contributed by atoms with van der Waals surface area (Å²) in [7, 11) is 0. The topological polar surface area (TPSA) is 68.0 Å². The van der Waals surface area contributed by atoms with Crippen LogP contribution in [0, 0.1) is 6.92 Å². The fourth-order valence-electron chi connectivity index (χ4n) is 1.96. The fraction of sp³-hybridized carbons (Fsp3) is 0.118. The molecule has 1 amide bonds. The molecule has 0 spiro atoms. The van der Waals surface area contributed by atoms with E-state index in [4.69, 9.17) is 16.0 Å². The molecule has 1 N–H and O–H groups in total. The van der Waals surface area contributed by atoms with E-state index in [9.17, 15) is 4.79 Å². The van der Waals surface area contributed by atoms with E-state index in [1.807, 2.05) is 49.4 Å². The summed E-state index contributed by atoms with van der Waals surface area (Å²) in [5.74, 6) is 0.435. The summed E-state index contributed by atoms with van der Waals surface area (Å²) in [4.78, 5) is 12.0. The number of thioether (sulfide) groups is 1. The molecule has 0 aliphatic heterocycles. The molecule has 5 nitrogen and oxygen atoms in total. The second-order valence-corrected chi connectivity index (χ2v) is 6.37. The maximum absolute atomic E-state index is 12.0. The highest BCUT2D eigenvalue weighted by molar-refractivity contribution is 7.99. The highest BCUT2D eigenvalue weighted by atomic mass is 35.5. The van der Waals surface area contributed by atoms with Crippen molar-refractivity contribution in [2.75, 3.05) is 11.1 Å². The summed E-state index contributed by atoms with van der Waals surface area (Å²) in [6.45, 7) is 1.91. The zero-order valence-corrected chi connectivity index (χ0v) is 14.4. The minimum absolute atomic E-state index is 0.167. The molecule has 3 aromatic rings. The first kappa shape index (κ1) is 16.5. The molecule has 7 heteroatoms. The van der Waals surface area contributed by atoms with E-state index >= 15 is 0 Å². The zero-order chi connectivity index (χ0) is 16.9. The monoisotopic (exact) mass is 359 g/mol. The Hall–Kier alpha value is -2.31. The number of nitrogens with zero attached hydrogens (tertiary/aromatic N) is 2. The third-order valence-corrected chi connectivity index (χ3v) is 4.44. The summed E-state index contributed by atoms with van der Waals surface area (Å²) in [5, 5.41) is 11.7. The molecule has 3 rings (SSSR count). The number of hydrogen-bond donors (Lipinski definition) is 1. The summed E-state index contributed by atoms with van der Waals surface area (Å²) < 4.78 is 5.54. The lowest BCUT2D eigenvalue weighted by atomic mass is 10.2. The van der Waals surface area contributed by atoms with Gasteiger partial charge in [-0.15, -0.1) is 10.2 Å². The molecule has 0 bridgehead atoms. The van der Waals surface area contributed by atoms with Crippen molar-refractivity contribution in [3.63, 3.8) is 0 Å². The van der Waals surface area contributed by atoms with Crippen molar-refractivity contribution in [3.05, 3.63) is 59.1 Å². The first-order valence-electron chi connectivity index (χ1n) is 7.19. The predicted molar refractivity (Wildman–Crippen MR) is 95.3 cm³/mol. The molecule has 0 aliphatic rings. The SMILES string of the molecule is Cc1ccc(NC(=O)CSc2nnc(-c3ccccc3)o2)cc1Cl. The van der Waals surface area contributed by atoms with Crippen LogP contribution in [0.4, 0.5) is 5.69 Å². The second-order valence-electron chi connectivity index (χ2n) is 5.04. The van der Waals surface area contributed by atoms with E-state index < -0.39 is 0 Å². The van der Waals surface area contributed by atoms with Gasteiger partial charge in [0.05, 0.1) is 5.75 Å². The number of hydrogen-bond acceptors (Lipinski definition) is 5. The van der Waals surface area contributed by atoms with Crippen LogP contribution < -0.4 is 5.32 Å². The van der Waals surface area contributed by atoms with Gasteiger partial charge in [-0.2, -0.15) is 0 Å². The summed E-state index contributed by atoms with van der Waals surface area (Å²) in [6.07, 6.45) is 0. The van der Waals surface area contributed by atoms with E-state index in [1.165, 1.54) is 11.8 Å². The van der Waals surface area contributed by atoms with Crippen molar-refractivity contribution < 1.29 is 9.21 Å². The Labute approximate surface area is 148 Å². The van der Waals surface area contributed by atoms with E-state index in [0.29, 0.717) is 21.8 Å². The number of carbonyl (C=O) groups excluding carboxylic acids is 1. The number of anilines is 1. The van der Waals surface area contributed by atoms with Gasteiger partial charge in [-0.05, 0) is 36.8 Å². The Balaban J connectivity index is 1.56. The lowest BCUT2D eigenvalue weighted by Gasteiger charge is -2.05. The molecule has 122 valence electrons. The van der Waals surface area contributed by atoms with E-state index in [0.717, 1.165) is 11.1 Å². The van der Waals surface area contributed by atoms with Gasteiger partial charge in [-0.25, -0.2) is 0 Å². The van der Waals surface area contributed by atoms with Crippen LogP contribution in [0.15, 0.2) is 58.2 Å². The summed E-state index contributed by atoms with van der Waals surface area (Å²) >= 11 is 7.23. The van der Waals surface area contributed by atoms with E-state index in [2.05, 4.69) is 15.5 Å². The predicted octanol–water partition coefficient (Wildman–Crippen LogP) is 4.43. The van der Waals surface area contributed by atoms with Crippen molar-refractivity contribution in [1.29, 1.82) is 0 Å². The van der Waals surface area contributed by atoms with Crippen LogP contribution in [0.3, 0.4) is 0 Å². The van der Waals surface area contributed by atoms with Crippen molar-refractivity contribution in [2.45, 2.75) is 12.1 Å². The smallest absolute Gasteiger partial charge is 0.277 e. The summed E-state index contributed by atoms with van der Waals surface area (Å²) in [6, 6.07) is 14.9. The normalized spacial score (nSPS) is 10.6. The van der Waals surface area contributed by atoms with Gasteiger partial charge >= 0.3 is 0 Å². The minimum Gasteiger partial charge on any atom is -0.411 e. The van der Waals surface area contributed by atoms with Gasteiger partial charge in [0.2, 0.25) is 11.8 Å². The average Bonchev–Trinajstić information content (AvgIpc) is 3.06. The number of halogens is 1. The molecule has 0 saturated heterocycles. The first-order valence-corrected chi connectivity index (χ1v) is 8.56. The second kappa shape index (κ2) is 7.51. The Morgan fingerprint density at radius 1 is 1.21 bits per heavy atom. The van der Waals surface area contributed by atoms with Crippen molar-refractivity contribution >= 4 is 35.0 Å². The number of nitrogens with one attached hydrogen (secondary N) is 1. The third kappa shape index (κ3) is 4.15. The van der Waals surface area contributed by atoms with Crippen molar-refractivity contribution in [3.8, 4) is 11.5 Å². The lowest BCUT2D eigenvalue weighted by molar-refractivity contribution is -0.113. The maximum atomic E-state index is 12.0. The zero-order valence-electron chi connectivity index (χ0n) is 12.8. The minimum atomic E-state index is -0.167. The molecule has 1 heterocycles. The Bertz CT molecular complexity index is 852. The first-order chi connectivity index (χ1) is 11.6. The number of aryl methyl sites for hydroxylation is 1. The van der Waals surface area contributed by atoms with Crippen molar-refractivity contribution in [1.82, 2.24) is 10.2 Å². The highest BCUT2D eigenvalue weighted by Crippen LogP contribution is 2.24. The van der Waals surface area contributed by atoms with Crippen LogP contribution in [0.5, 0.6) is 0 Å². The van der Waals surface area contributed by atoms with Gasteiger partial charge in [-0.1, -0.05) is 47.6 Å². The van der Waals surface area contributed by atoms with Crippen LogP contribution in [0.1, 0.15) is 5.56 Å². The van der Waals surface area contributed by atoms with E-state index in [-0.39, 0.29) is 11.7 Å². The highest BCUT2D eigenvalue weighted by Gasteiger charge is 2.11. The Morgan fingerprint density at radius 2 is 2.00 bits per heavy atom. The number of carbonyl (C=O) groups is 1. The molecule has 24 heavy (non-hydrogen) atoms. The fourth-order valence-corrected chi connectivity index (χ4v) is 2.70. The average molecular weight is 360 g/mol. The lowest BCUT2D eigenvalue weighted by Crippen LogP contribution is -2.14. The van der Waals surface area contributed by atoms with Crippen LogP contribution in [0.25, 0.3) is 11.5 Å². The Kier molecular flexibility index (Phi) is 5.17. The van der Waals surface area contributed by atoms with Gasteiger partial charge in [0.1, 0.15) is 0 Å². The van der Waals surface area contributed by atoms with Gasteiger partial charge in [0.15, 0.2) is 0 Å². The van der Waals surface area contributed by atoms with Gasteiger partial charge in [-0.3, -0.25) is 4.79 Å².